The minimum absolute atomic E-state index is 0.822. The zero-order valence-electron chi connectivity index (χ0n) is 11.7. The molecule has 0 aliphatic rings. The molecule has 0 spiro atoms. The average molecular weight is 336 g/mol. The molecule has 0 saturated carbocycles. The summed E-state index contributed by atoms with van der Waals surface area (Å²) >= 11 is 0. The summed E-state index contributed by atoms with van der Waals surface area (Å²) < 4.78 is 64.8. The Kier molecular flexibility index (Phi) is 8.98. The van der Waals surface area contributed by atoms with Gasteiger partial charge in [0.2, 0.25) is 0 Å². The first-order valence-corrected chi connectivity index (χ1v) is 6.03. The van der Waals surface area contributed by atoms with Crippen LogP contribution in [0.2, 0.25) is 0 Å². The van der Waals surface area contributed by atoms with Gasteiger partial charge in [0.25, 0.3) is 5.83 Å². The fraction of sp³-hybridized carbons (Fsp3) is 0.0667. The van der Waals surface area contributed by atoms with Crippen molar-refractivity contribution < 1.29 is 26.3 Å². The van der Waals surface area contributed by atoms with Crippen LogP contribution >= 0.6 is 0 Å². The summed E-state index contributed by atoms with van der Waals surface area (Å²) in [6.07, 6.45) is -8.90. The molecular formula is C15H14F6N2. The van der Waals surface area contributed by atoms with Gasteiger partial charge in [-0.25, -0.2) is 0 Å². The van der Waals surface area contributed by atoms with E-state index in [2.05, 4.69) is 0 Å². The lowest BCUT2D eigenvalue weighted by molar-refractivity contribution is -0.113. The highest BCUT2D eigenvalue weighted by Crippen LogP contribution is 2.29. The predicted molar refractivity (Wildman–Crippen MR) is 78.1 cm³/mol. The maximum Gasteiger partial charge on any atom is 0.448 e. The van der Waals surface area contributed by atoms with Gasteiger partial charge in [-0.1, -0.05) is 36.4 Å². The number of alkyl halides is 3. The number of nitrogen functional groups attached to an aromatic ring is 2. The minimum Gasteiger partial charge on any atom is -0.399 e. The van der Waals surface area contributed by atoms with Gasteiger partial charge in [0, 0.05) is 11.4 Å². The van der Waals surface area contributed by atoms with Gasteiger partial charge in [0.05, 0.1) is 0 Å². The summed E-state index contributed by atoms with van der Waals surface area (Å²) in [5, 5.41) is 0. The lowest BCUT2D eigenvalue weighted by Crippen LogP contribution is -2.08. The van der Waals surface area contributed by atoms with Crippen molar-refractivity contribution in [3.8, 4) is 0 Å². The second-order valence-corrected chi connectivity index (χ2v) is 3.89. The number of halogens is 6. The highest BCUT2D eigenvalue weighted by Gasteiger charge is 2.38. The number of benzene rings is 2. The van der Waals surface area contributed by atoms with Gasteiger partial charge in [-0.05, 0) is 24.3 Å². The first-order valence-electron chi connectivity index (χ1n) is 6.03. The van der Waals surface area contributed by atoms with Gasteiger partial charge in [0.15, 0.2) is 0 Å². The van der Waals surface area contributed by atoms with Gasteiger partial charge in [-0.3, -0.25) is 0 Å². The van der Waals surface area contributed by atoms with Crippen molar-refractivity contribution in [1.29, 1.82) is 0 Å². The molecule has 2 aromatic carbocycles. The molecule has 0 amide bonds. The number of allylic oxidation sites excluding steroid dienone is 1. The summed E-state index contributed by atoms with van der Waals surface area (Å²) in [7, 11) is 0. The highest BCUT2D eigenvalue weighted by atomic mass is 19.4. The molecule has 0 aliphatic heterocycles. The monoisotopic (exact) mass is 336 g/mol. The Morgan fingerprint density at radius 3 is 1.04 bits per heavy atom. The van der Waals surface area contributed by atoms with Crippen LogP contribution in [0.3, 0.4) is 0 Å². The van der Waals surface area contributed by atoms with Crippen molar-refractivity contribution in [2.24, 2.45) is 0 Å². The number of para-hydroxylation sites is 2. The van der Waals surface area contributed by atoms with Crippen LogP contribution in [-0.2, 0) is 0 Å². The van der Waals surface area contributed by atoms with Crippen LogP contribution in [0.15, 0.2) is 72.6 Å². The largest absolute Gasteiger partial charge is 0.448 e. The summed E-state index contributed by atoms with van der Waals surface area (Å²) in [4.78, 5) is 0. The third kappa shape index (κ3) is 10.7. The molecular weight excluding hydrogens is 322 g/mol. The zero-order valence-corrected chi connectivity index (χ0v) is 11.7. The van der Waals surface area contributed by atoms with E-state index in [1.807, 2.05) is 60.7 Å². The first-order chi connectivity index (χ1) is 10.6. The fourth-order valence-electron chi connectivity index (χ4n) is 1.01. The molecule has 0 aliphatic carbocycles. The van der Waals surface area contributed by atoms with Gasteiger partial charge in [-0.2, -0.15) is 26.3 Å². The third-order valence-corrected chi connectivity index (χ3v) is 2.01. The Morgan fingerprint density at radius 2 is 0.957 bits per heavy atom. The SMILES string of the molecule is FC(F)=C(F)C(F)(F)F.Nc1ccccc1.Nc1ccccc1. The Labute approximate surface area is 129 Å². The van der Waals surface area contributed by atoms with Gasteiger partial charge < -0.3 is 11.5 Å². The molecule has 0 atom stereocenters. The number of anilines is 2. The van der Waals surface area contributed by atoms with Crippen molar-refractivity contribution in [1.82, 2.24) is 0 Å². The summed E-state index contributed by atoms with van der Waals surface area (Å²) in [5.41, 5.74) is 12.4. The predicted octanol–water partition coefficient (Wildman–Crippen LogP) is 5.16. The van der Waals surface area contributed by atoms with Crippen molar-refractivity contribution in [2.45, 2.75) is 6.18 Å². The van der Waals surface area contributed by atoms with Crippen molar-refractivity contribution in [3.63, 3.8) is 0 Å². The van der Waals surface area contributed by atoms with E-state index in [1.165, 1.54) is 0 Å². The normalized spacial score (nSPS) is 9.65. The number of rotatable bonds is 0. The van der Waals surface area contributed by atoms with E-state index < -0.39 is 18.1 Å². The topological polar surface area (TPSA) is 52.0 Å². The second-order valence-electron chi connectivity index (χ2n) is 3.89. The number of hydrogen-bond donors (Lipinski definition) is 2. The standard InChI is InChI=1S/2C6H7N.C3F6/c2*7-6-4-2-1-3-5-6;4-1(2(5)6)3(7,8)9/h2*1-5H,7H2;. The van der Waals surface area contributed by atoms with Crippen LogP contribution in [-0.4, -0.2) is 6.18 Å². The third-order valence-electron chi connectivity index (χ3n) is 2.01. The molecule has 126 valence electrons. The van der Waals surface area contributed by atoms with E-state index in [0.29, 0.717) is 0 Å². The molecule has 0 radical (unpaired) electrons. The van der Waals surface area contributed by atoms with Gasteiger partial charge in [0.1, 0.15) is 0 Å². The lowest BCUT2D eigenvalue weighted by Gasteiger charge is -1.98. The Balaban J connectivity index is 0.000000318. The Morgan fingerprint density at radius 1 is 0.652 bits per heavy atom. The highest BCUT2D eigenvalue weighted by molar-refractivity contribution is 5.36. The molecule has 0 aromatic heterocycles. The molecule has 23 heavy (non-hydrogen) atoms. The van der Waals surface area contributed by atoms with Crippen molar-refractivity contribution in [3.05, 3.63) is 72.6 Å². The smallest absolute Gasteiger partial charge is 0.399 e. The average Bonchev–Trinajstić information content (AvgIpc) is 2.48. The van der Waals surface area contributed by atoms with Gasteiger partial charge >= 0.3 is 12.3 Å². The summed E-state index contributed by atoms with van der Waals surface area (Å²) in [6, 6.07) is 19.0. The van der Waals surface area contributed by atoms with E-state index in [4.69, 9.17) is 11.5 Å². The molecule has 0 bridgehead atoms. The molecule has 0 unspecified atom stereocenters. The molecule has 4 N–H and O–H groups in total. The molecule has 2 nitrogen and oxygen atoms in total. The summed E-state index contributed by atoms with van der Waals surface area (Å²) in [5.74, 6) is -3.33. The maximum absolute atomic E-state index is 11.0. The molecule has 0 heterocycles. The van der Waals surface area contributed by atoms with Crippen LogP contribution in [0.4, 0.5) is 37.7 Å². The van der Waals surface area contributed by atoms with Crippen LogP contribution in [0, 0.1) is 0 Å². The van der Waals surface area contributed by atoms with Crippen molar-refractivity contribution >= 4 is 11.4 Å². The number of nitrogens with two attached hydrogens (primary N) is 2. The second kappa shape index (κ2) is 10.1. The Hall–Kier alpha value is -2.64. The lowest BCUT2D eigenvalue weighted by atomic mass is 10.3. The maximum atomic E-state index is 11.0. The van der Waals surface area contributed by atoms with Crippen LogP contribution in [0.1, 0.15) is 0 Å². The minimum atomic E-state index is -5.56. The van der Waals surface area contributed by atoms with Crippen LogP contribution in [0.25, 0.3) is 0 Å². The first kappa shape index (κ1) is 20.4. The molecule has 0 saturated heterocycles. The van der Waals surface area contributed by atoms with E-state index in [-0.39, 0.29) is 0 Å². The Bertz CT molecular complexity index is 540. The molecule has 0 fully saturated rings. The van der Waals surface area contributed by atoms with Crippen LogP contribution in [0.5, 0.6) is 0 Å². The van der Waals surface area contributed by atoms with Crippen molar-refractivity contribution in [2.75, 3.05) is 11.5 Å². The van der Waals surface area contributed by atoms with Gasteiger partial charge in [-0.15, -0.1) is 0 Å². The fourth-order valence-corrected chi connectivity index (χ4v) is 1.01. The molecule has 8 heteroatoms. The number of hydrogen-bond acceptors (Lipinski definition) is 2. The molecule has 2 rings (SSSR count). The summed E-state index contributed by atoms with van der Waals surface area (Å²) in [6.45, 7) is 0. The van der Waals surface area contributed by atoms with E-state index in [0.717, 1.165) is 11.4 Å². The van der Waals surface area contributed by atoms with E-state index in [9.17, 15) is 26.3 Å². The van der Waals surface area contributed by atoms with E-state index >= 15 is 0 Å². The quantitative estimate of drug-likeness (QED) is 0.515. The zero-order chi connectivity index (χ0) is 17.9. The van der Waals surface area contributed by atoms with E-state index in [1.54, 1.807) is 0 Å². The molecule has 2 aromatic rings. The van der Waals surface area contributed by atoms with Crippen LogP contribution < -0.4 is 11.5 Å².